The molecule has 25 heavy (non-hydrogen) atoms. The standard InChI is InChI=1S/C16H14N4O4S/c1-24-15-5-3-2-4-11(15)20-16(17-18-19-20)25-9-14(23)10-6-7-12(21)13(22)8-10/h2-8,21-22H,9H2,1H3. The van der Waals surface area contributed by atoms with Crippen molar-refractivity contribution in [2.24, 2.45) is 0 Å². The highest BCUT2D eigenvalue weighted by atomic mass is 32.2. The molecular formula is C16H14N4O4S. The number of nitrogens with zero attached hydrogens (tertiary/aromatic N) is 4. The highest BCUT2D eigenvalue weighted by molar-refractivity contribution is 7.99. The number of hydrogen-bond acceptors (Lipinski definition) is 8. The normalized spacial score (nSPS) is 10.6. The third-order valence-corrected chi connectivity index (χ3v) is 4.30. The molecule has 0 bridgehead atoms. The number of hydrogen-bond donors (Lipinski definition) is 2. The number of ketones is 1. The second-order valence-electron chi connectivity index (χ2n) is 4.96. The van der Waals surface area contributed by atoms with E-state index in [0.29, 0.717) is 22.2 Å². The van der Waals surface area contributed by atoms with Gasteiger partial charge >= 0.3 is 0 Å². The van der Waals surface area contributed by atoms with E-state index >= 15 is 0 Å². The summed E-state index contributed by atoms with van der Waals surface area (Å²) in [5.41, 5.74) is 0.950. The van der Waals surface area contributed by atoms with Gasteiger partial charge in [0, 0.05) is 5.56 Å². The molecule has 0 aliphatic heterocycles. The molecule has 9 heteroatoms. The molecular weight excluding hydrogens is 344 g/mol. The minimum atomic E-state index is -0.338. The van der Waals surface area contributed by atoms with Crippen LogP contribution < -0.4 is 4.74 Å². The molecule has 0 saturated heterocycles. The van der Waals surface area contributed by atoms with Crippen LogP contribution in [0.3, 0.4) is 0 Å². The number of phenolic OH excluding ortho intramolecular Hbond substituents is 2. The molecule has 0 unspecified atom stereocenters. The van der Waals surface area contributed by atoms with Crippen LogP contribution in [-0.2, 0) is 0 Å². The van der Waals surface area contributed by atoms with Crippen LogP contribution in [-0.4, -0.2) is 49.1 Å². The lowest BCUT2D eigenvalue weighted by molar-refractivity contribution is 0.102. The number of ether oxygens (including phenoxy) is 1. The number of methoxy groups -OCH3 is 1. The van der Waals surface area contributed by atoms with Crippen molar-refractivity contribution in [3.05, 3.63) is 48.0 Å². The van der Waals surface area contributed by atoms with Gasteiger partial charge in [-0.25, -0.2) is 0 Å². The monoisotopic (exact) mass is 358 g/mol. The lowest BCUT2D eigenvalue weighted by Gasteiger charge is -2.08. The number of aromatic hydroxyl groups is 2. The molecule has 0 atom stereocenters. The van der Waals surface area contributed by atoms with Gasteiger partial charge in [0.25, 0.3) is 0 Å². The number of rotatable bonds is 6. The van der Waals surface area contributed by atoms with Crippen LogP contribution in [0.2, 0.25) is 0 Å². The first-order chi connectivity index (χ1) is 12.1. The van der Waals surface area contributed by atoms with E-state index in [1.165, 1.54) is 22.9 Å². The Hall–Kier alpha value is -3.07. The number of phenols is 2. The van der Waals surface area contributed by atoms with Gasteiger partial charge in [0.15, 0.2) is 17.3 Å². The van der Waals surface area contributed by atoms with E-state index in [-0.39, 0.29) is 23.0 Å². The van der Waals surface area contributed by atoms with Gasteiger partial charge in [-0.2, -0.15) is 4.68 Å². The van der Waals surface area contributed by atoms with Crippen LogP contribution in [0.5, 0.6) is 17.2 Å². The van der Waals surface area contributed by atoms with Crippen molar-refractivity contribution in [2.45, 2.75) is 5.16 Å². The Morgan fingerprint density at radius 3 is 2.76 bits per heavy atom. The van der Waals surface area contributed by atoms with Gasteiger partial charge in [-0.05, 0) is 40.8 Å². The molecule has 128 valence electrons. The van der Waals surface area contributed by atoms with Crippen molar-refractivity contribution in [3.8, 4) is 22.9 Å². The summed E-state index contributed by atoms with van der Waals surface area (Å²) in [6.07, 6.45) is 0. The fourth-order valence-electron chi connectivity index (χ4n) is 2.14. The van der Waals surface area contributed by atoms with Crippen molar-refractivity contribution in [1.29, 1.82) is 0 Å². The first-order valence-electron chi connectivity index (χ1n) is 7.20. The van der Waals surface area contributed by atoms with Crippen LogP contribution in [0, 0.1) is 0 Å². The van der Waals surface area contributed by atoms with Crippen molar-refractivity contribution >= 4 is 17.5 Å². The average molecular weight is 358 g/mol. The molecule has 0 aliphatic rings. The first kappa shape index (κ1) is 16.8. The van der Waals surface area contributed by atoms with Gasteiger partial charge in [0.2, 0.25) is 5.16 Å². The van der Waals surface area contributed by atoms with Gasteiger partial charge in [-0.3, -0.25) is 4.79 Å². The van der Waals surface area contributed by atoms with Crippen molar-refractivity contribution < 1.29 is 19.7 Å². The Balaban J connectivity index is 1.77. The number of aromatic nitrogens is 4. The second-order valence-corrected chi connectivity index (χ2v) is 5.90. The summed E-state index contributed by atoms with van der Waals surface area (Å²) in [4.78, 5) is 12.3. The Labute approximate surface area is 147 Å². The fourth-order valence-corrected chi connectivity index (χ4v) is 2.91. The molecule has 0 spiro atoms. The smallest absolute Gasteiger partial charge is 0.214 e. The third kappa shape index (κ3) is 3.56. The van der Waals surface area contributed by atoms with Crippen LogP contribution in [0.15, 0.2) is 47.6 Å². The Morgan fingerprint density at radius 1 is 1.20 bits per heavy atom. The molecule has 0 saturated carbocycles. The van der Waals surface area contributed by atoms with Gasteiger partial charge < -0.3 is 14.9 Å². The number of tetrazole rings is 1. The van der Waals surface area contributed by atoms with E-state index in [1.807, 2.05) is 12.1 Å². The topological polar surface area (TPSA) is 110 Å². The highest BCUT2D eigenvalue weighted by Crippen LogP contribution is 2.28. The molecule has 8 nitrogen and oxygen atoms in total. The summed E-state index contributed by atoms with van der Waals surface area (Å²) in [5, 5.41) is 30.8. The van der Waals surface area contributed by atoms with E-state index in [1.54, 1.807) is 19.2 Å². The summed E-state index contributed by atoms with van der Waals surface area (Å²) >= 11 is 1.16. The molecule has 1 aromatic heterocycles. The zero-order chi connectivity index (χ0) is 17.8. The molecule has 0 amide bonds. The predicted octanol–water partition coefficient (Wildman–Crippen LogP) is 2.06. The van der Waals surface area contributed by atoms with E-state index in [4.69, 9.17) is 4.74 Å². The number of carbonyl (C=O) groups is 1. The predicted molar refractivity (Wildman–Crippen MR) is 90.5 cm³/mol. The molecule has 0 aliphatic carbocycles. The van der Waals surface area contributed by atoms with Crippen LogP contribution in [0.1, 0.15) is 10.4 Å². The quantitative estimate of drug-likeness (QED) is 0.391. The molecule has 0 fully saturated rings. The number of Topliss-reactive ketones (excluding diaryl/α,β-unsaturated/α-hetero) is 1. The summed E-state index contributed by atoms with van der Waals surface area (Å²) in [6.45, 7) is 0. The van der Waals surface area contributed by atoms with E-state index in [0.717, 1.165) is 11.8 Å². The zero-order valence-corrected chi connectivity index (χ0v) is 14.0. The minimum absolute atomic E-state index is 0.0692. The van der Waals surface area contributed by atoms with Gasteiger partial charge in [0.1, 0.15) is 11.4 Å². The number of para-hydroxylation sites is 2. The maximum atomic E-state index is 12.3. The van der Waals surface area contributed by atoms with E-state index in [2.05, 4.69) is 15.5 Å². The van der Waals surface area contributed by atoms with E-state index < -0.39 is 0 Å². The molecule has 1 heterocycles. The Morgan fingerprint density at radius 2 is 2.00 bits per heavy atom. The Bertz CT molecular complexity index is 913. The summed E-state index contributed by atoms with van der Waals surface area (Å²) in [7, 11) is 1.55. The Kier molecular flexibility index (Phi) is 4.85. The molecule has 0 radical (unpaired) electrons. The molecule has 2 N–H and O–H groups in total. The summed E-state index contributed by atoms with van der Waals surface area (Å²) in [5.74, 6) is -0.167. The first-order valence-corrected chi connectivity index (χ1v) is 8.18. The maximum absolute atomic E-state index is 12.3. The lowest BCUT2D eigenvalue weighted by Crippen LogP contribution is -2.05. The van der Waals surface area contributed by atoms with Crippen LogP contribution >= 0.6 is 11.8 Å². The second kappa shape index (κ2) is 7.22. The average Bonchev–Trinajstić information content (AvgIpc) is 3.10. The number of benzene rings is 2. The third-order valence-electron chi connectivity index (χ3n) is 3.38. The maximum Gasteiger partial charge on any atom is 0.214 e. The molecule has 3 rings (SSSR count). The van der Waals surface area contributed by atoms with Gasteiger partial charge in [-0.1, -0.05) is 23.9 Å². The highest BCUT2D eigenvalue weighted by Gasteiger charge is 2.16. The molecule has 2 aromatic carbocycles. The van der Waals surface area contributed by atoms with Gasteiger partial charge in [-0.15, -0.1) is 5.10 Å². The number of thioether (sulfide) groups is 1. The zero-order valence-electron chi connectivity index (χ0n) is 13.2. The minimum Gasteiger partial charge on any atom is -0.504 e. The molecule has 3 aromatic rings. The number of carbonyl (C=O) groups excluding carboxylic acids is 1. The van der Waals surface area contributed by atoms with E-state index in [9.17, 15) is 15.0 Å². The van der Waals surface area contributed by atoms with Crippen molar-refractivity contribution in [2.75, 3.05) is 12.9 Å². The lowest BCUT2D eigenvalue weighted by atomic mass is 10.1. The SMILES string of the molecule is COc1ccccc1-n1nnnc1SCC(=O)c1ccc(O)c(O)c1. The summed E-state index contributed by atoms with van der Waals surface area (Å²) in [6, 6.07) is 11.2. The van der Waals surface area contributed by atoms with Crippen LogP contribution in [0.25, 0.3) is 5.69 Å². The van der Waals surface area contributed by atoms with Crippen molar-refractivity contribution in [1.82, 2.24) is 20.2 Å². The van der Waals surface area contributed by atoms with Gasteiger partial charge in [0.05, 0.1) is 12.9 Å². The fraction of sp³-hybridized carbons (Fsp3) is 0.125. The van der Waals surface area contributed by atoms with Crippen molar-refractivity contribution in [3.63, 3.8) is 0 Å². The van der Waals surface area contributed by atoms with Crippen LogP contribution in [0.4, 0.5) is 0 Å². The summed E-state index contributed by atoms with van der Waals surface area (Å²) < 4.78 is 6.79. The largest absolute Gasteiger partial charge is 0.504 e.